The first kappa shape index (κ1) is 21.9. The van der Waals surface area contributed by atoms with Gasteiger partial charge in [-0.1, -0.05) is 47.5 Å². The first-order chi connectivity index (χ1) is 16.0. The van der Waals surface area contributed by atoms with Gasteiger partial charge in [-0.15, -0.1) is 0 Å². The minimum atomic E-state index is -0.235. The highest BCUT2D eigenvalue weighted by Gasteiger charge is 2.20. The molecule has 1 unspecified atom stereocenters. The van der Waals surface area contributed by atoms with E-state index in [1.807, 2.05) is 42.6 Å². The number of hydrogen-bond acceptors (Lipinski definition) is 6. The first-order valence-electron chi connectivity index (χ1n) is 10.7. The Morgan fingerprint density at radius 3 is 2.64 bits per heavy atom. The Hall–Kier alpha value is -2.90. The van der Waals surface area contributed by atoms with E-state index in [0.29, 0.717) is 33.8 Å². The maximum Gasteiger partial charge on any atom is 0.156 e. The van der Waals surface area contributed by atoms with Crippen molar-refractivity contribution >= 4 is 51.3 Å². The number of nitrogen functional groups attached to an aromatic ring is 1. The van der Waals surface area contributed by atoms with Crippen molar-refractivity contribution in [1.29, 1.82) is 0 Å². The second-order valence-corrected chi connectivity index (χ2v) is 9.01. The predicted octanol–water partition coefficient (Wildman–Crippen LogP) is 5.50. The Bertz CT molecular complexity index is 1330. The summed E-state index contributed by atoms with van der Waals surface area (Å²) in [6, 6.07) is 15.3. The lowest BCUT2D eigenvalue weighted by Crippen LogP contribution is -2.21. The van der Waals surface area contributed by atoms with Gasteiger partial charge >= 0.3 is 0 Å². The number of nitrogens with one attached hydrogen (secondary N) is 1. The molecule has 8 heteroatoms. The summed E-state index contributed by atoms with van der Waals surface area (Å²) in [5, 5.41) is 15.1. The molecule has 0 spiro atoms. The highest BCUT2D eigenvalue weighted by Crippen LogP contribution is 2.40. The number of nitrogens with two attached hydrogens (primary N) is 1. The lowest BCUT2D eigenvalue weighted by Gasteiger charge is -2.16. The summed E-state index contributed by atoms with van der Waals surface area (Å²) in [5.41, 5.74) is 10.6. The van der Waals surface area contributed by atoms with Gasteiger partial charge in [0.2, 0.25) is 0 Å². The highest BCUT2D eigenvalue weighted by molar-refractivity contribution is 6.39. The van der Waals surface area contributed by atoms with Gasteiger partial charge in [-0.3, -0.25) is 9.88 Å². The Balaban J connectivity index is 1.45. The molecule has 2 aromatic carbocycles. The van der Waals surface area contributed by atoms with E-state index in [2.05, 4.69) is 26.3 Å². The summed E-state index contributed by atoms with van der Waals surface area (Å²) in [6.07, 6.45) is 4.20. The first-order valence-corrected chi connectivity index (χ1v) is 11.5. The molecular weight excluding hydrogens is 457 g/mol. The van der Waals surface area contributed by atoms with Gasteiger partial charge in [-0.2, -0.15) is 0 Å². The van der Waals surface area contributed by atoms with Crippen molar-refractivity contribution in [1.82, 2.24) is 14.9 Å². The van der Waals surface area contributed by atoms with E-state index in [-0.39, 0.29) is 6.10 Å². The van der Waals surface area contributed by atoms with Crippen LogP contribution < -0.4 is 11.1 Å². The average Bonchev–Trinajstić information content (AvgIpc) is 3.22. The van der Waals surface area contributed by atoms with Crippen LogP contribution in [0.25, 0.3) is 22.0 Å². The van der Waals surface area contributed by atoms with Crippen LogP contribution in [-0.2, 0) is 6.54 Å². The summed E-state index contributed by atoms with van der Waals surface area (Å²) in [5.74, 6) is 0.619. The molecule has 0 amide bonds. The molecule has 1 aliphatic rings. The molecule has 1 aliphatic heterocycles. The van der Waals surface area contributed by atoms with Crippen LogP contribution in [0.15, 0.2) is 60.9 Å². The van der Waals surface area contributed by atoms with Crippen LogP contribution in [0.2, 0.25) is 10.0 Å². The van der Waals surface area contributed by atoms with Crippen molar-refractivity contribution < 1.29 is 5.11 Å². The summed E-state index contributed by atoms with van der Waals surface area (Å²) in [6.45, 7) is 2.36. The summed E-state index contributed by atoms with van der Waals surface area (Å²) in [4.78, 5) is 11.4. The Morgan fingerprint density at radius 1 is 1.06 bits per heavy atom. The fourth-order valence-electron chi connectivity index (χ4n) is 4.22. The van der Waals surface area contributed by atoms with Crippen molar-refractivity contribution in [3.8, 4) is 11.1 Å². The van der Waals surface area contributed by atoms with Crippen LogP contribution >= 0.6 is 23.2 Å². The standard InChI is InChI=1S/C25H23Cl2N5O/c26-22-18(3-1-5-20(22)28)19-4-2-6-21(23(19)27)31-25-24-16(7-9-29-25)11-15(12-30-24)13-32-10-8-17(33)14-32/h1-7,9,11-12,17,33H,8,10,13-14,28H2,(H,29,31). The number of aromatic nitrogens is 2. The molecule has 2 aromatic heterocycles. The number of halogens is 2. The van der Waals surface area contributed by atoms with E-state index in [4.69, 9.17) is 28.9 Å². The van der Waals surface area contributed by atoms with Gasteiger partial charge in [-0.25, -0.2) is 4.98 Å². The third kappa shape index (κ3) is 4.48. The van der Waals surface area contributed by atoms with Crippen molar-refractivity contribution in [3.05, 3.63) is 76.5 Å². The number of aliphatic hydroxyl groups excluding tert-OH is 1. The minimum absolute atomic E-state index is 0.235. The molecule has 3 heterocycles. The van der Waals surface area contributed by atoms with Gasteiger partial charge in [0, 0.05) is 48.5 Å². The number of anilines is 3. The number of nitrogens with zero attached hydrogens (tertiary/aromatic N) is 3. The molecular formula is C25H23Cl2N5O. The Morgan fingerprint density at radius 2 is 1.85 bits per heavy atom. The summed E-state index contributed by atoms with van der Waals surface area (Å²) < 4.78 is 0. The van der Waals surface area contributed by atoms with E-state index >= 15 is 0 Å². The molecule has 1 atom stereocenters. The number of likely N-dealkylation sites (tertiary alicyclic amines) is 1. The maximum atomic E-state index is 9.77. The number of fused-ring (bicyclic) bond motifs is 1. The molecule has 1 saturated heterocycles. The third-order valence-corrected chi connectivity index (χ3v) is 6.71. The number of β-amino-alcohol motifs (C(OH)–C–C–N with tert-alkyl or cyclic N) is 1. The van der Waals surface area contributed by atoms with E-state index in [1.54, 1.807) is 12.3 Å². The van der Waals surface area contributed by atoms with Gasteiger partial charge in [0.15, 0.2) is 5.82 Å². The summed E-state index contributed by atoms with van der Waals surface area (Å²) in [7, 11) is 0. The number of hydrogen-bond donors (Lipinski definition) is 3. The van der Waals surface area contributed by atoms with Crippen LogP contribution in [0.5, 0.6) is 0 Å². The normalized spacial score (nSPS) is 16.4. The zero-order valence-electron chi connectivity index (χ0n) is 17.8. The van der Waals surface area contributed by atoms with E-state index in [0.717, 1.165) is 47.1 Å². The average molecular weight is 480 g/mol. The molecule has 0 aliphatic carbocycles. The van der Waals surface area contributed by atoms with Crippen molar-refractivity contribution in [2.24, 2.45) is 0 Å². The van der Waals surface area contributed by atoms with E-state index in [9.17, 15) is 5.11 Å². The van der Waals surface area contributed by atoms with E-state index in [1.165, 1.54) is 0 Å². The number of aliphatic hydroxyl groups is 1. The number of rotatable bonds is 5. The molecule has 33 heavy (non-hydrogen) atoms. The molecule has 4 aromatic rings. The SMILES string of the molecule is Nc1cccc(-c2cccc(Nc3nccc4cc(CN5CCC(O)C5)cnc34)c2Cl)c1Cl. The fraction of sp³-hybridized carbons (Fsp3) is 0.200. The van der Waals surface area contributed by atoms with Crippen LogP contribution in [0.1, 0.15) is 12.0 Å². The summed E-state index contributed by atoms with van der Waals surface area (Å²) >= 11 is 13.2. The van der Waals surface area contributed by atoms with Crippen molar-refractivity contribution in [3.63, 3.8) is 0 Å². The lowest BCUT2D eigenvalue weighted by molar-refractivity contribution is 0.175. The maximum absolute atomic E-state index is 9.77. The Labute approximate surface area is 202 Å². The second kappa shape index (κ2) is 9.15. The molecule has 0 bridgehead atoms. The van der Waals surface area contributed by atoms with Gasteiger partial charge in [0.25, 0.3) is 0 Å². The number of benzene rings is 2. The second-order valence-electron chi connectivity index (χ2n) is 8.25. The van der Waals surface area contributed by atoms with Crippen molar-refractivity contribution in [2.45, 2.75) is 19.1 Å². The topological polar surface area (TPSA) is 87.3 Å². The smallest absolute Gasteiger partial charge is 0.156 e. The zero-order chi connectivity index (χ0) is 22.9. The molecule has 4 N–H and O–H groups in total. The van der Waals surface area contributed by atoms with Gasteiger partial charge in [-0.05, 0) is 36.2 Å². The molecule has 5 rings (SSSR count). The number of pyridine rings is 2. The largest absolute Gasteiger partial charge is 0.398 e. The minimum Gasteiger partial charge on any atom is -0.398 e. The lowest BCUT2D eigenvalue weighted by atomic mass is 10.0. The third-order valence-electron chi connectivity index (χ3n) is 5.88. The molecule has 1 fully saturated rings. The monoisotopic (exact) mass is 479 g/mol. The van der Waals surface area contributed by atoms with Gasteiger partial charge in [0.05, 0.1) is 27.5 Å². The quantitative estimate of drug-likeness (QED) is 0.327. The van der Waals surface area contributed by atoms with Gasteiger partial charge in [0.1, 0.15) is 5.52 Å². The van der Waals surface area contributed by atoms with Crippen LogP contribution in [-0.4, -0.2) is 39.2 Å². The zero-order valence-corrected chi connectivity index (χ0v) is 19.3. The Kier molecular flexibility index (Phi) is 6.08. The van der Waals surface area contributed by atoms with Gasteiger partial charge < -0.3 is 16.2 Å². The molecule has 0 saturated carbocycles. The van der Waals surface area contributed by atoms with Crippen LogP contribution in [0.3, 0.4) is 0 Å². The van der Waals surface area contributed by atoms with Crippen LogP contribution in [0.4, 0.5) is 17.2 Å². The highest BCUT2D eigenvalue weighted by atomic mass is 35.5. The van der Waals surface area contributed by atoms with Crippen molar-refractivity contribution in [2.75, 3.05) is 24.1 Å². The predicted molar refractivity (Wildman–Crippen MR) is 135 cm³/mol. The molecule has 0 radical (unpaired) electrons. The van der Waals surface area contributed by atoms with E-state index < -0.39 is 0 Å². The van der Waals surface area contributed by atoms with Crippen LogP contribution in [0, 0.1) is 0 Å². The molecule has 6 nitrogen and oxygen atoms in total. The fourth-order valence-corrected chi connectivity index (χ4v) is 4.72. The molecule has 168 valence electrons.